The maximum atomic E-state index is 12.1. The van der Waals surface area contributed by atoms with Crippen LogP contribution in [0.3, 0.4) is 0 Å². The molecule has 0 saturated heterocycles. The topological polar surface area (TPSA) is 107 Å². The van der Waals surface area contributed by atoms with Gasteiger partial charge in [0.25, 0.3) is 0 Å². The SMILES string of the molecule is CC(C)(C)c1ccc(C(=O)Oc2ccc(C(=O)CN)cc2)cc1.O=C(O)C(F)(F)F. The van der Waals surface area contributed by atoms with Gasteiger partial charge < -0.3 is 15.6 Å². The van der Waals surface area contributed by atoms with Gasteiger partial charge in [-0.2, -0.15) is 13.2 Å². The molecule has 6 nitrogen and oxygen atoms in total. The molecule has 0 spiro atoms. The van der Waals surface area contributed by atoms with Crippen molar-refractivity contribution in [2.24, 2.45) is 5.73 Å². The van der Waals surface area contributed by atoms with Crippen LogP contribution in [0.25, 0.3) is 0 Å². The predicted molar refractivity (Wildman–Crippen MR) is 104 cm³/mol. The standard InChI is InChI=1S/C19H21NO3.C2HF3O2/c1-19(2,3)15-8-4-14(5-9-15)18(22)23-16-10-6-13(7-11-16)17(21)12-20;3-2(4,5)1(6)7/h4-11H,12,20H2,1-3H3;(H,6,7). The van der Waals surface area contributed by atoms with E-state index in [1.54, 1.807) is 36.4 Å². The Balaban J connectivity index is 0.000000553. The van der Waals surface area contributed by atoms with Gasteiger partial charge in [-0.3, -0.25) is 4.79 Å². The quantitative estimate of drug-likeness (QED) is 0.436. The number of halogens is 3. The molecule has 0 radical (unpaired) electrons. The van der Waals surface area contributed by atoms with Gasteiger partial charge in [0.05, 0.1) is 12.1 Å². The first-order valence-corrected chi connectivity index (χ1v) is 8.72. The van der Waals surface area contributed by atoms with E-state index in [2.05, 4.69) is 20.8 Å². The van der Waals surface area contributed by atoms with Crippen LogP contribution in [-0.2, 0) is 10.2 Å². The summed E-state index contributed by atoms with van der Waals surface area (Å²) in [6.07, 6.45) is -5.08. The van der Waals surface area contributed by atoms with Crippen LogP contribution >= 0.6 is 0 Å². The molecule has 0 amide bonds. The van der Waals surface area contributed by atoms with Crippen LogP contribution in [0.15, 0.2) is 48.5 Å². The van der Waals surface area contributed by atoms with E-state index in [0.717, 1.165) is 5.56 Å². The number of ether oxygens (including phenoxy) is 1. The first kappa shape index (κ1) is 24.8. The molecule has 0 aliphatic rings. The van der Waals surface area contributed by atoms with Crippen molar-refractivity contribution in [2.75, 3.05) is 6.54 Å². The number of carbonyl (C=O) groups excluding carboxylic acids is 2. The third kappa shape index (κ3) is 7.67. The number of ketones is 1. The Hall–Kier alpha value is -3.20. The van der Waals surface area contributed by atoms with Crippen molar-refractivity contribution in [1.82, 2.24) is 0 Å². The van der Waals surface area contributed by atoms with Crippen LogP contribution in [0.4, 0.5) is 13.2 Å². The summed E-state index contributed by atoms with van der Waals surface area (Å²) in [6, 6.07) is 13.7. The van der Waals surface area contributed by atoms with Crippen molar-refractivity contribution in [3.05, 3.63) is 65.2 Å². The zero-order valence-electron chi connectivity index (χ0n) is 16.6. The predicted octanol–water partition coefficient (Wildman–Crippen LogP) is 3.98. The minimum absolute atomic E-state index is 0.0355. The number of carboxylic acids is 1. The first-order chi connectivity index (χ1) is 13.8. The second-order valence-corrected chi connectivity index (χ2v) is 7.17. The number of benzene rings is 2. The molecule has 0 bridgehead atoms. The number of carbonyl (C=O) groups is 3. The van der Waals surface area contributed by atoms with Crippen LogP contribution in [0.1, 0.15) is 47.1 Å². The van der Waals surface area contributed by atoms with E-state index < -0.39 is 18.1 Å². The van der Waals surface area contributed by atoms with Gasteiger partial charge in [-0.1, -0.05) is 32.9 Å². The molecule has 0 aliphatic heterocycles. The van der Waals surface area contributed by atoms with Crippen molar-refractivity contribution in [1.29, 1.82) is 0 Å². The van der Waals surface area contributed by atoms with Crippen LogP contribution in [-0.4, -0.2) is 35.5 Å². The van der Waals surface area contributed by atoms with Crippen LogP contribution in [0, 0.1) is 0 Å². The molecule has 2 aromatic carbocycles. The molecule has 30 heavy (non-hydrogen) atoms. The zero-order valence-corrected chi connectivity index (χ0v) is 16.6. The largest absolute Gasteiger partial charge is 0.490 e. The molecule has 0 aromatic heterocycles. The molecule has 0 aliphatic carbocycles. The lowest BCUT2D eigenvalue weighted by atomic mass is 9.87. The van der Waals surface area contributed by atoms with E-state index in [1.807, 2.05) is 12.1 Å². The van der Waals surface area contributed by atoms with E-state index in [-0.39, 0.29) is 17.7 Å². The minimum Gasteiger partial charge on any atom is -0.475 e. The monoisotopic (exact) mass is 425 g/mol. The average Bonchev–Trinajstić information content (AvgIpc) is 2.67. The summed E-state index contributed by atoms with van der Waals surface area (Å²) in [6.45, 7) is 6.30. The van der Waals surface area contributed by atoms with E-state index in [0.29, 0.717) is 16.9 Å². The Kier molecular flexibility index (Phi) is 8.29. The summed E-state index contributed by atoms with van der Waals surface area (Å²) in [5.74, 6) is -2.94. The second-order valence-electron chi connectivity index (χ2n) is 7.17. The van der Waals surface area contributed by atoms with E-state index >= 15 is 0 Å². The lowest BCUT2D eigenvalue weighted by molar-refractivity contribution is -0.192. The van der Waals surface area contributed by atoms with Gasteiger partial charge in [-0.15, -0.1) is 0 Å². The molecular weight excluding hydrogens is 403 g/mol. The molecule has 2 aromatic rings. The molecule has 162 valence electrons. The van der Waals surface area contributed by atoms with Gasteiger partial charge in [0.15, 0.2) is 5.78 Å². The van der Waals surface area contributed by atoms with E-state index in [1.165, 1.54) is 0 Å². The fraction of sp³-hybridized carbons (Fsp3) is 0.286. The molecule has 0 saturated carbocycles. The summed E-state index contributed by atoms with van der Waals surface area (Å²) in [7, 11) is 0. The number of carboxylic acid groups (broad SMARTS) is 1. The Morgan fingerprint density at radius 3 is 1.70 bits per heavy atom. The summed E-state index contributed by atoms with van der Waals surface area (Å²) in [4.78, 5) is 32.5. The lowest BCUT2D eigenvalue weighted by Crippen LogP contribution is -2.21. The molecule has 2 rings (SSSR count). The highest BCUT2D eigenvalue weighted by Crippen LogP contribution is 2.23. The van der Waals surface area contributed by atoms with Crippen molar-refractivity contribution in [3.63, 3.8) is 0 Å². The molecule has 0 heterocycles. The normalized spacial score (nSPS) is 11.2. The summed E-state index contributed by atoms with van der Waals surface area (Å²) in [5.41, 5.74) is 7.48. The summed E-state index contributed by atoms with van der Waals surface area (Å²) in [5, 5.41) is 7.12. The van der Waals surface area contributed by atoms with Crippen LogP contribution in [0.5, 0.6) is 5.75 Å². The van der Waals surface area contributed by atoms with E-state index in [9.17, 15) is 22.8 Å². The molecule has 3 N–H and O–H groups in total. The van der Waals surface area contributed by atoms with Crippen molar-refractivity contribution >= 4 is 17.7 Å². The number of esters is 1. The molecule has 9 heteroatoms. The summed E-state index contributed by atoms with van der Waals surface area (Å²) < 4.78 is 37.0. The van der Waals surface area contributed by atoms with Gasteiger partial charge in [-0.05, 0) is 47.4 Å². The zero-order chi connectivity index (χ0) is 23.1. The highest BCUT2D eigenvalue weighted by molar-refractivity contribution is 5.97. The Bertz CT molecular complexity index is 883. The highest BCUT2D eigenvalue weighted by atomic mass is 19.4. The lowest BCUT2D eigenvalue weighted by Gasteiger charge is -2.18. The molecule has 0 unspecified atom stereocenters. The third-order valence-electron chi connectivity index (χ3n) is 3.80. The average molecular weight is 425 g/mol. The van der Waals surface area contributed by atoms with Crippen LogP contribution < -0.4 is 10.5 Å². The number of alkyl halides is 3. The Morgan fingerprint density at radius 1 is 0.900 bits per heavy atom. The van der Waals surface area contributed by atoms with Gasteiger partial charge in [-0.25, -0.2) is 9.59 Å². The van der Waals surface area contributed by atoms with E-state index in [4.69, 9.17) is 20.4 Å². The Morgan fingerprint density at radius 2 is 1.33 bits per heavy atom. The third-order valence-corrected chi connectivity index (χ3v) is 3.80. The number of hydrogen-bond acceptors (Lipinski definition) is 5. The smallest absolute Gasteiger partial charge is 0.475 e. The van der Waals surface area contributed by atoms with Crippen LogP contribution in [0.2, 0.25) is 0 Å². The highest BCUT2D eigenvalue weighted by Gasteiger charge is 2.38. The van der Waals surface area contributed by atoms with Gasteiger partial charge in [0.2, 0.25) is 0 Å². The number of aliphatic carboxylic acids is 1. The minimum atomic E-state index is -5.08. The van der Waals surface area contributed by atoms with Crippen molar-refractivity contribution < 1.29 is 37.4 Å². The maximum absolute atomic E-state index is 12.1. The number of rotatable bonds is 4. The number of nitrogens with two attached hydrogens (primary N) is 1. The maximum Gasteiger partial charge on any atom is 0.490 e. The molecule has 0 atom stereocenters. The number of Topliss-reactive ketones (excluding diaryl/α,β-unsaturated/α-hetero) is 1. The van der Waals surface area contributed by atoms with Gasteiger partial charge in [0, 0.05) is 5.56 Å². The van der Waals surface area contributed by atoms with Gasteiger partial charge >= 0.3 is 18.1 Å². The number of hydrogen-bond donors (Lipinski definition) is 2. The first-order valence-electron chi connectivity index (χ1n) is 8.72. The fourth-order valence-corrected chi connectivity index (χ4v) is 2.10. The fourth-order valence-electron chi connectivity index (χ4n) is 2.10. The van der Waals surface area contributed by atoms with Gasteiger partial charge in [0.1, 0.15) is 5.75 Å². The second kappa shape index (κ2) is 10.0. The van der Waals surface area contributed by atoms with Crippen molar-refractivity contribution in [3.8, 4) is 5.75 Å². The summed E-state index contributed by atoms with van der Waals surface area (Å²) >= 11 is 0. The molecular formula is C21H22F3NO5. The van der Waals surface area contributed by atoms with Crippen molar-refractivity contribution in [2.45, 2.75) is 32.4 Å². The molecule has 0 fully saturated rings. The Labute approximate surface area is 171 Å².